The van der Waals surface area contributed by atoms with Gasteiger partial charge in [0.05, 0.1) is 0 Å². The summed E-state index contributed by atoms with van der Waals surface area (Å²) in [5.74, 6) is 0.313. The summed E-state index contributed by atoms with van der Waals surface area (Å²) in [5.41, 5.74) is 0. The minimum Gasteiger partial charge on any atom is -0.309 e. The van der Waals surface area contributed by atoms with E-state index in [1.54, 1.807) is 0 Å². The number of allylic oxidation sites excluding steroid dienone is 1. The first-order valence-corrected chi connectivity index (χ1v) is 4.42. The largest absolute Gasteiger partial charge is 0.309 e. The molecule has 0 aromatic heterocycles. The summed E-state index contributed by atoms with van der Waals surface area (Å²) >= 11 is 0. The van der Waals surface area contributed by atoms with Gasteiger partial charge in [0, 0.05) is 12.5 Å². The quantitative estimate of drug-likeness (QED) is 0.564. The van der Waals surface area contributed by atoms with Crippen LogP contribution in [-0.2, 0) is 4.79 Å². The van der Waals surface area contributed by atoms with Gasteiger partial charge in [-0.2, -0.15) is 0 Å². The first-order chi connectivity index (χ1) is 5.61. The molecule has 70 valence electrons. The van der Waals surface area contributed by atoms with Crippen molar-refractivity contribution in [2.24, 2.45) is 5.92 Å². The highest BCUT2D eigenvalue weighted by atomic mass is 16.1. The zero-order valence-corrected chi connectivity index (χ0v) is 8.34. The van der Waals surface area contributed by atoms with Crippen LogP contribution in [0, 0.1) is 5.92 Å². The molecule has 0 aliphatic rings. The van der Waals surface area contributed by atoms with Crippen LogP contribution >= 0.6 is 0 Å². The molecule has 0 aliphatic carbocycles. The van der Waals surface area contributed by atoms with Crippen molar-refractivity contribution in [3.63, 3.8) is 0 Å². The minimum atomic E-state index is 0.141. The van der Waals surface area contributed by atoms with E-state index in [4.69, 9.17) is 0 Å². The Kier molecular flexibility index (Phi) is 5.64. The molecule has 0 radical (unpaired) electrons. The molecule has 0 N–H and O–H groups in total. The van der Waals surface area contributed by atoms with E-state index in [1.807, 2.05) is 19.0 Å². The second-order valence-electron chi connectivity index (χ2n) is 3.35. The molecule has 0 saturated heterocycles. The van der Waals surface area contributed by atoms with Crippen molar-refractivity contribution in [1.29, 1.82) is 0 Å². The molecular formula is C10H19NO. The first kappa shape index (κ1) is 11.4. The fourth-order valence-electron chi connectivity index (χ4n) is 1.28. The molecule has 0 amide bonds. The normalized spacial score (nSPS) is 13.0. The van der Waals surface area contributed by atoms with Crippen molar-refractivity contribution < 1.29 is 4.79 Å². The van der Waals surface area contributed by atoms with Crippen molar-refractivity contribution in [3.05, 3.63) is 12.7 Å². The third-order valence-corrected chi connectivity index (χ3v) is 1.83. The maximum atomic E-state index is 11.3. The van der Waals surface area contributed by atoms with Crippen LogP contribution in [0.3, 0.4) is 0 Å². The van der Waals surface area contributed by atoms with Crippen LogP contribution in [0.4, 0.5) is 0 Å². The van der Waals surface area contributed by atoms with Gasteiger partial charge in [-0.1, -0.05) is 19.9 Å². The Labute approximate surface area is 75.3 Å². The van der Waals surface area contributed by atoms with E-state index in [1.165, 1.54) is 6.08 Å². The predicted molar refractivity (Wildman–Crippen MR) is 52.2 cm³/mol. The van der Waals surface area contributed by atoms with Crippen LogP contribution < -0.4 is 0 Å². The second kappa shape index (κ2) is 5.95. The highest BCUT2D eigenvalue weighted by molar-refractivity contribution is 5.91. The van der Waals surface area contributed by atoms with Gasteiger partial charge < -0.3 is 4.90 Å². The molecule has 0 bridgehead atoms. The maximum Gasteiger partial charge on any atom is 0.159 e. The number of hydrogen-bond donors (Lipinski definition) is 0. The number of rotatable bonds is 6. The lowest BCUT2D eigenvalue weighted by molar-refractivity contribution is -0.118. The summed E-state index contributed by atoms with van der Waals surface area (Å²) in [6, 6.07) is 0. The van der Waals surface area contributed by atoms with Crippen molar-refractivity contribution in [1.82, 2.24) is 4.90 Å². The third-order valence-electron chi connectivity index (χ3n) is 1.83. The lowest BCUT2D eigenvalue weighted by Gasteiger charge is -2.17. The molecule has 0 aromatic rings. The lowest BCUT2D eigenvalue weighted by atomic mass is 9.98. The van der Waals surface area contributed by atoms with E-state index in [2.05, 4.69) is 13.5 Å². The summed E-state index contributed by atoms with van der Waals surface area (Å²) in [6.45, 7) is 6.43. The van der Waals surface area contributed by atoms with Crippen LogP contribution in [0.25, 0.3) is 0 Å². The molecule has 0 heterocycles. The zero-order valence-electron chi connectivity index (χ0n) is 8.34. The van der Waals surface area contributed by atoms with E-state index in [0.29, 0.717) is 0 Å². The van der Waals surface area contributed by atoms with Crippen LogP contribution in [0.2, 0.25) is 0 Å². The third kappa shape index (κ3) is 4.29. The van der Waals surface area contributed by atoms with E-state index >= 15 is 0 Å². The SMILES string of the molecule is C=CC(=O)C(CCC)CN(C)C. The van der Waals surface area contributed by atoms with Gasteiger partial charge in [-0.25, -0.2) is 0 Å². The van der Waals surface area contributed by atoms with Gasteiger partial charge in [-0.05, 0) is 26.6 Å². The highest BCUT2D eigenvalue weighted by Crippen LogP contribution is 2.09. The molecule has 0 aromatic carbocycles. The molecule has 0 saturated carbocycles. The van der Waals surface area contributed by atoms with Crippen LogP contribution in [0.5, 0.6) is 0 Å². The molecule has 0 fully saturated rings. The summed E-state index contributed by atoms with van der Waals surface area (Å²) < 4.78 is 0. The summed E-state index contributed by atoms with van der Waals surface area (Å²) in [6.07, 6.45) is 3.45. The van der Waals surface area contributed by atoms with Gasteiger partial charge in [0.1, 0.15) is 0 Å². The molecule has 1 atom stereocenters. The van der Waals surface area contributed by atoms with Crippen molar-refractivity contribution >= 4 is 5.78 Å². The maximum absolute atomic E-state index is 11.3. The van der Waals surface area contributed by atoms with Gasteiger partial charge in [0.2, 0.25) is 0 Å². The lowest BCUT2D eigenvalue weighted by Crippen LogP contribution is -2.26. The monoisotopic (exact) mass is 169 g/mol. The molecule has 0 spiro atoms. The van der Waals surface area contributed by atoms with Gasteiger partial charge in [0.25, 0.3) is 0 Å². The fraction of sp³-hybridized carbons (Fsp3) is 0.700. The molecule has 12 heavy (non-hydrogen) atoms. The minimum absolute atomic E-state index is 0.141. The van der Waals surface area contributed by atoms with Crippen molar-refractivity contribution in [2.75, 3.05) is 20.6 Å². The number of hydrogen-bond acceptors (Lipinski definition) is 2. The number of carbonyl (C=O) groups excluding carboxylic acids is 1. The van der Waals surface area contributed by atoms with E-state index < -0.39 is 0 Å². The molecule has 1 unspecified atom stereocenters. The van der Waals surface area contributed by atoms with Crippen LogP contribution in [0.15, 0.2) is 12.7 Å². The van der Waals surface area contributed by atoms with Gasteiger partial charge >= 0.3 is 0 Å². The Hall–Kier alpha value is -0.630. The second-order valence-corrected chi connectivity index (χ2v) is 3.35. The van der Waals surface area contributed by atoms with Crippen LogP contribution in [0.1, 0.15) is 19.8 Å². The Morgan fingerprint density at radius 1 is 1.58 bits per heavy atom. The van der Waals surface area contributed by atoms with E-state index in [9.17, 15) is 4.79 Å². The fourth-order valence-corrected chi connectivity index (χ4v) is 1.28. The van der Waals surface area contributed by atoms with E-state index in [-0.39, 0.29) is 11.7 Å². The molecule has 2 heteroatoms. The number of nitrogens with zero attached hydrogens (tertiary/aromatic N) is 1. The predicted octanol–water partition coefficient (Wildman–Crippen LogP) is 1.72. The average Bonchev–Trinajstić information content (AvgIpc) is 2.01. The topological polar surface area (TPSA) is 20.3 Å². The number of carbonyl (C=O) groups is 1. The number of ketones is 1. The van der Waals surface area contributed by atoms with Crippen molar-refractivity contribution in [3.8, 4) is 0 Å². The molecule has 0 rings (SSSR count). The average molecular weight is 169 g/mol. The molecule has 0 aliphatic heterocycles. The Balaban J connectivity index is 4.02. The summed E-state index contributed by atoms with van der Waals surface area (Å²) in [5, 5.41) is 0. The smallest absolute Gasteiger partial charge is 0.159 e. The van der Waals surface area contributed by atoms with E-state index in [0.717, 1.165) is 19.4 Å². The summed E-state index contributed by atoms with van der Waals surface area (Å²) in [4.78, 5) is 13.3. The van der Waals surface area contributed by atoms with Gasteiger partial charge in [-0.15, -0.1) is 0 Å². The Morgan fingerprint density at radius 3 is 2.50 bits per heavy atom. The van der Waals surface area contributed by atoms with Crippen LogP contribution in [-0.4, -0.2) is 31.3 Å². The van der Waals surface area contributed by atoms with Gasteiger partial charge in [0.15, 0.2) is 5.78 Å². The molecular weight excluding hydrogens is 150 g/mol. The van der Waals surface area contributed by atoms with Crippen molar-refractivity contribution in [2.45, 2.75) is 19.8 Å². The first-order valence-electron chi connectivity index (χ1n) is 4.42. The molecule has 2 nitrogen and oxygen atoms in total. The Bertz CT molecular complexity index is 152. The standard InChI is InChI=1S/C10H19NO/c1-5-7-9(8-11(3)4)10(12)6-2/h6,9H,2,5,7-8H2,1,3-4H3. The summed E-state index contributed by atoms with van der Waals surface area (Å²) in [7, 11) is 3.97. The van der Waals surface area contributed by atoms with Gasteiger partial charge in [-0.3, -0.25) is 4.79 Å². The zero-order chi connectivity index (χ0) is 9.56. The Morgan fingerprint density at radius 2 is 2.17 bits per heavy atom. The highest BCUT2D eigenvalue weighted by Gasteiger charge is 2.14.